The van der Waals surface area contributed by atoms with Crippen molar-refractivity contribution in [1.82, 2.24) is 99.4 Å². The molecule has 0 fully saturated rings. The highest BCUT2D eigenvalue weighted by Gasteiger charge is 2.22. The highest BCUT2D eigenvalue weighted by molar-refractivity contribution is 6.02. The first kappa shape index (κ1) is 48.9. The molecule has 10 heterocycles. The van der Waals surface area contributed by atoms with Gasteiger partial charge in [0.05, 0.1) is 32.8 Å². The maximum atomic E-state index is 13.0. The van der Waals surface area contributed by atoms with E-state index in [1.165, 1.54) is 42.1 Å². The van der Waals surface area contributed by atoms with Gasteiger partial charge in [-0.15, -0.1) is 0 Å². The molecular weight excluding hydrogens is 976 g/mol. The van der Waals surface area contributed by atoms with Crippen LogP contribution in [0.2, 0.25) is 0 Å². The number of hydrogen-bond acceptors (Lipinski definition) is 20. The Kier molecular flexibility index (Phi) is 12.5. The summed E-state index contributed by atoms with van der Waals surface area (Å²) in [5, 5.41) is 55.1. The summed E-state index contributed by atoms with van der Waals surface area (Å²) in [7, 11) is 7.19. The highest BCUT2D eigenvalue weighted by atomic mass is 19.1. The van der Waals surface area contributed by atoms with Crippen molar-refractivity contribution in [1.29, 1.82) is 0 Å². The van der Waals surface area contributed by atoms with Crippen LogP contribution in [-0.2, 0) is 28.2 Å². The molecule has 3 aromatic carbocycles. The van der Waals surface area contributed by atoms with E-state index in [1.54, 1.807) is 52.4 Å². The first-order valence-electron chi connectivity index (χ1n) is 23.0. The standard InChI is InChI=1S/C14H13N7.C12H10FN5O.C12H11N5O.C11H13N7/c1-7-9-4-3-8(5-10(9)19-18-7)12-11-13(15)16-6-17-14(11)21(2)20-12;1-18-12-9(11(14)15-5-16-12)10(17-18)7-3-2-6(13)4-8(7)19;1-17-12-9(11(13)14-6-15-12)10(16-17)7-2-4-8(18)5-3-7;1-5-7(6(2)16-15-5)9-8-10(12)13-4-14-11(8)18(3)17-9/h3-6H,1-2H3,(H,18,19)(H2,15,16,17);2-5,19H,1H3,(H2,14,15,16);2-6,18H,1H3,(H2,13,14,15);4H,1-3H3,(H,15,16)(H2,12,13,14). The maximum Gasteiger partial charge on any atom is 0.163 e. The van der Waals surface area contributed by atoms with Crippen LogP contribution < -0.4 is 22.9 Å². The minimum atomic E-state index is -0.522. The lowest BCUT2D eigenvalue weighted by molar-refractivity contribution is 0.471. The second-order valence-corrected chi connectivity index (χ2v) is 17.3. The number of phenolic OH excluding ortho intramolecular Hbond substituents is 2. The van der Waals surface area contributed by atoms with Gasteiger partial charge in [0.25, 0.3) is 0 Å². The zero-order valence-corrected chi connectivity index (χ0v) is 41.7. The number of halogens is 1. The van der Waals surface area contributed by atoms with Crippen LogP contribution in [0.4, 0.5) is 27.7 Å². The molecule has 26 nitrogen and oxygen atoms in total. The molecule has 10 aromatic heterocycles. The summed E-state index contributed by atoms with van der Waals surface area (Å²) >= 11 is 0. The maximum absolute atomic E-state index is 13.0. The number of aromatic nitrogens is 20. The number of fused-ring (bicyclic) bond motifs is 5. The van der Waals surface area contributed by atoms with Crippen LogP contribution >= 0.6 is 0 Å². The first-order chi connectivity index (χ1) is 36.5. The zero-order valence-electron chi connectivity index (χ0n) is 41.7. The second kappa shape index (κ2) is 19.4. The third-order valence-corrected chi connectivity index (χ3v) is 12.3. The monoisotopic (exact) mass is 1020 g/mol. The molecule has 27 heteroatoms. The van der Waals surface area contributed by atoms with E-state index in [9.17, 15) is 14.6 Å². The molecule has 0 aliphatic heterocycles. The average molecular weight is 1020 g/mol. The van der Waals surface area contributed by atoms with Gasteiger partial charge in [0.15, 0.2) is 22.6 Å². The largest absolute Gasteiger partial charge is 0.508 e. The van der Waals surface area contributed by atoms with Gasteiger partial charge in [-0.05, 0) is 63.2 Å². The molecule has 382 valence electrons. The molecule has 13 rings (SSSR count). The second-order valence-electron chi connectivity index (χ2n) is 17.3. The molecule has 0 aliphatic carbocycles. The van der Waals surface area contributed by atoms with Crippen molar-refractivity contribution in [3.63, 3.8) is 0 Å². The van der Waals surface area contributed by atoms with E-state index < -0.39 is 5.82 Å². The summed E-state index contributed by atoms with van der Waals surface area (Å²) in [4.78, 5) is 32.7. The number of H-pyrrole nitrogens is 2. The molecule has 0 amide bonds. The Labute approximate surface area is 428 Å². The van der Waals surface area contributed by atoms with E-state index in [1.807, 2.05) is 53.1 Å². The number of aromatic amines is 2. The van der Waals surface area contributed by atoms with Gasteiger partial charge in [-0.3, -0.25) is 10.2 Å². The minimum Gasteiger partial charge on any atom is -0.508 e. The Morgan fingerprint density at radius 2 is 0.908 bits per heavy atom. The normalized spacial score (nSPS) is 11.2. The smallest absolute Gasteiger partial charge is 0.163 e. The molecule has 0 radical (unpaired) electrons. The minimum absolute atomic E-state index is 0.205. The van der Waals surface area contributed by atoms with Crippen LogP contribution in [-0.4, -0.2) is 110 Å². The number of benzene rings is 3. The Morgan fingerprint density at radius 1 is 0.474 bits per heavy atom. The van der Waals surface area contributed by atoms with Gasteiger partial charge in [-0.1, -0.05) is 12.1 Å². The van der Waals surface area contributed by atoms with Crippen molar-refractivity contribution in [3.05, 3.63) is 109 Å². The van der Waals surface area contributed by atoms with Crippen molar-refractivity contribution >= 4 is 78.3 Å². The van der Waals surface area contributed by atoms with E-state index in [4.69, 9.17) is 22.9 Å². The molecule has 0 saturated carbocycles. The summed E-state index contributed by atoms with van der Waals surface area (Å²) in [5.41, 5.74) is 35.9. The Balaban J connectivity index is 0.000000115. The van der Waals surface area contributed by atoms with E-state index in [2.05, 4.69) is 80.7 Å². The van der Waals surface area contributed by atoms with Gasteiger partial charge in [0, 0.05) is 73.3 Å². The van der Waals surface area contributed by atoms with Crippen LogP contribution in [0.1, 0.15) is 17.1 Å². The Hall–Kier alpha value is -10.7. The van der Waals surface area contributed by atoms with Crippen LogP contribution in [0, 0.1) is 26.6 Å². The summed E-state index contributed by atoms with van der Waals surface area (Å²) < 4.78 is 19.6. The molecule has 13 aromatic rings. The number of anilines is 4. The molecule has 0 atom stereocenters. The van der Waals surface area contributed by atoms with Gasteiger partial charge < -0.3 is 33.1 Å². The fourth-order valence-corrected chi connectivity index (χ4v) is 8.72. The average Bonchev–Trinajstić information content (AvgIpc) is 4.27. The van der Waals surface area contributed by atoms with Crippen LogP contribution in [0.25, 0.3) is 100 Å². The molecule has 76 heavy (non-hydrogen) atoms. The van der Waals surface area contributed by atoms with Gasteiger partial charge in [0.2, 0.25) is 0 Å². The van der Waals surface area contributed by atoms with E-state index >= 15 is 0 Å². The predicted octanol–water partition coefficient (Wildman–Crippen LogP) is 5.52. The van der Waals surface area contributed by atoms with Crippen molar-refractivity contribution in [2.75, 3.05) is 22.9 Å². The number of aryl methyl sites for hydroxylation is 7. The van der Waals surface area contributed by atoms with Crippen LogP contribution in [0.15, 0.2) is 86.0 Å². The first-order valence-corrected chi connectivity index (χ1v) is 23.0. The predicted molar refractivity (Wildman–Crippen MR) is 284 cm³/mol. The van der Waals surface area contributed by atoms with E-state index in [-0.39, 0.29) is 17.3 Å². The van der Waals surface area contributed by atoms with Gasteiger partial charge in [-0.2, -0.15) is 30.6 Å². The molecule has 0 spiro atoms. The quantitative estimate of drug-likeness (QED) is 0.107. The molecule has 0 bridgehead atoms. The van der Waals surface area contributed by atoms with Crippen molar-refractivity contribution < 1.29 is 14.6 Å². The van der Waals surface area contributed by atoms with E-state index in [0.29, 0.717) is 51.1 Å². The summed E-state index contributed by atoms with van der Waals surface area (Å²) in [5.74, 6) is 1.01. The zero-order chi connectivity index (χ0) is 53.7. The van der Waals surface area contributed by atoms with Gasteiger partial charge in [-0.25, -0.2) is 63.0 Å². The molecule has 0 saturated heterocycles. The Bertz CT molecular complexity index is 4300. The fraction of sp³-hybridized carbons (Fsp3) is 0.143. The fourth-order valence-electron chi connectivity index (χ4n) is 8.72. The van der Waals surface area contributed by atoms with Gasteiger partial charge >= 0.3 is 0 Å². The lowest BCUT2D eigenvalue weighted by atomic mass is 10.1. The molecular formula is C49H47FN24O2. The van der Waals surface area contributed by atoms with E-state index in [0.717, 1.165) is 89.6 Å². The highest BCUT2D eigenvalue weighted by Crippen LogP contribution is 2.37. The summed E-state index contributed by atoms with van der Waals surface area (Å²) in [6.45, 7) is 5.88. The summed E-state index contributed by atoms with van der Waals surface area (Å²) in [6, 6.07) is 16.5. The number of nitrogens with zero attached hydrogens (tertiary/aromatic N) is 18. The molecule has 0 aliphatic rings. The van der Waals surface area contributed by atoms with Gasteiger partial charge in [0.1, 0.15) is 88.7 Å². The number of nitrogens with two attached hydrogens (primary N) is 4. The van der Waals surface area contributed by atoms with Crippen molar-refractivity contribution in [2.45, 2.75) is 20.8 Å². The lowest BCUT2D eigenvalue weighted by Gasteiger charge is -2.02. The molecule has 12 N–H and O–H groups in total. The number of nitrogens with one attached hydrogen (secondary N) is 2. The van der Waals surface area contributed by atoms with Crippen LogP contribution in [0.5, 0.6) is 11.5 Å². The van der Waals surface area contributed by atoms with Crippen molar-refractivity contribution in [2.24, 2.45) is 28.2 Å². The lowest BCUT2D eigenvalue weighted by Crippen LogP contribution is -1.95. The third kappa shape index (κ3) is 8.77. The number of phenols is 2. The SMILES string of the molecule is Cc1[nH]nc2cc(-c3nn(C)c4ncnc(N)c34)ccc12.Cc1n[nH]c(C)c1-c1nn(C)c2ncnc(N)c12.Cn1nc(-c2ccc(F)cc2O)c2c(N)ncnc21.Cn1nc(-c2ccc(O)cc2)c2c(N)ncnc21. The number of hydrogen-bond donors (Lipinski definition) is 8. The van der Waals surface area contributed by atoms with Crippen LogP contribution in [0.3, 0.4) is 0 Å². The number of nitrogen functional groups attached to an aromatic ring is 4. The van der Waals surface area contributed by atoms with Crippen molar-refractivity contribution in [3.8, 4) is 56.5 Å². The summed E-state index contributed by atoms with van der Waals surface area (Å²) in [6.07, 6.45) is 5.65. The number of rotatable bonds is 4. The third-order valence-electron chi connectivity index (χ3n) is 12.3. The molecule has 0 unspecified atom stereocenters. The topological polar surface area (TPSA) is 376 Å². The number of aromatic hydroxyl groups is 2. The Morgan fingerprint density at radius 3 is 1.39 bits per heavy atom.